The van der Waals surface area contributed by atoms with Crippen molar-refractivity contribution < 1.29 is 4.74 Å². The Morgan fingerprint density at radius 3 is 2.65 bits per heavy atom. The van der Waals surface area contributed by atoms with E-state index in [0.717, 1.165) is 30.6 Å². The van der Waals surface area contributed by atoms with Crippen molar-refractivity contribution in [2.24, 2.45) is 0 Å². The predicted molar refractivity (Wildman–Crippen MR) is 75.5 cm³/mol. The molecule has 1 aromatic carbocycles. The zero-order valence-electron chi connectivity index (χ0n) is 11.1. The molecule has 0 N–H and O–H groups in total. The molecule has 1 heteroatoms. The molecule has 1 aromatic rings. The van der Waals surface area contributed by atoms with Gasteiger partial charge in [-0.3, -0.25) is 0 Å². The second-order valence-electron chi connectivity index (χ2n) is 4.27. The summed E-state index contributed by atoms with van der Waals surface area (Å²) < 4.78 is 5.31. The van der Waals surface area contributed by atoms with Crippen LogP contribution >= 0.6 is 0 Å². The first-order valence-electron chi connectivity index (χ1n) is 6.16. The van der Waals surface area contributed by atoms with Gasteiger partial charge in [-0.2, -0.15) is 0 Å². The molecule has 0 saturated heterocycles. The van der Waals surface area contributed by atoms with Crippen molar-refractivity contribution in [3.8, 4) is 5.75 Å². The quantitative estimate of drug-likeness (QED) is 0.647. The highest BCUT2D eigenvalue weighted by molar-refractivity contribution is 5.63. The summed E-state index contributed by atoms with van der Waals surface area (Å²) in [6, 6.07) is 6.34. The minimum absolute atomic E-state index is 0.917. The van der Waals surface area contributed by atoms with Gasteiger partial charge < -0.3 is 4.74 Å². The van der Waals surface area contributed by atoms with Gasteiger partial charge in [-0.15, -0.1) is 0 Å². The van der Waals surface area contributed by atoms with Gasteiger partial charge in [0.05, 0.1) is 7.11 Å². The van der Waals surface area contributed by atoms with E-state index in [2.05, 4.69) is 37.8 Å². The normalized spacial score (nSPS) is 10.8. The lowest BCUT2D eigenvalue weighted by Crippen LogP contribution is -1.91. The number of rotatable bonds is 6. The van der Waals surface area contributed by atoms with Crippen LogP contribution in [0.3, 0.4) is 0 Å². The van der Waals surface area contributed by atoms with Crippen molar-refractivity contribution in [2.45, 2.75) is 33.1 Å². The fourth-order valence-corrected chi connectivity index (χ4v) is 1.70. The Morgan fingerprint density at radius 2 is 2.06 bits per heavy atom. The highest BCUT2D eigenvalue weighted by atomic mass is 16.5. The first kappa shape index (κ1) is 13.6. The molecule has 0 saturated carbocycles. The van der Waals surface area contributed by atoms with Crippen LogP contribution in [0.4, 0.5) is 0 Å². The van der Waals surface area contributed by atoms with Crippen molar-refractivity contribution in [1.82, 2.24) is 0 Å². The average Bonchev–Trinajstić information content (AvgIpc) is 2.34. The molecule has 92 valence electrons. The number of aryl methyl sites for hydroxylation is 1. The van der Waals surface area contributed by atoms with E-state index in [4.69, 9.17) is 4.74 Å². The zero-order valence-corrected chi connectivity index (χ0v) is 11.1. The molecular weight excluding hydrogens is 208 g/mol. The second kappa shape index (κ2) is 6.95. The average molecular weight is 230 g/mol. The minimum Gasteiger partial charge on any atom is -0.497 e. The number of methoxy groups -OCH3 is 1. The molecule has 0 atom stereocenters. The van der Waals surface area contributed by atoms with Crippen LogP contribution in [0.5, 0.6) is 5.75 Å². The fraction of sp³-hybridized carbons (Fsp3) is 0.375. The van der Waals surface area contributed by atoms with E-state index >= 15 is 0 Å². The summed E-state index contributed by atoms with van der Waals surface area (Å²) >= 11 is 0. The van der Waals surface area contributed by atoms with E-state index in [0.29, 0.717) is 0 Å². The molecular formula is C16H22O. The molecule has 1 rings (SSSR count). The first-order chi connectivity index (χ1) is 8.17. The Bertz CT molecular complexity index is 402. The van der Waals surface area contributed by atoms with Gasteiger partial charge in [0.15, 0.2) is 0 Å². The number of benzene rings is 1. The summed E-state index contributed by atoms with van der Waals surface area (Å²) in [5.41, 5.74) is 3.55. The molecule has 1 nitrogen and oxygen atoms in total. The maximum atomic E-state index is 5.31. The molecule has 0 aliphatic carbocycles. The Labute approximate surface area is 105 Å². The molecule has 0 heterocycles. The third-order valence-electron chi connectivity index (χ3n) is 2.70. The second-order valence-corrected chi connectivity index (χ2v) is 4.27. The molecule has 0 spiro atoms. The van der Waals surface area contributed by atoms with Crippen LogP contribution in [0.25, 0.3) is 5.57 Å². The van der Waals surface area contributed by atoms with Gasteiger partial charge in [-0.05, 0) is 49.4 Å². The van der Waals surface area contributed by atoms with E-state index in [9.17, 15) is 0 Å². The lowest BCUT2D eigenvalue weighted by molar-refractivity contribution is 0.414. The van der Waals surface area contributed by atoms with Gasteiger partial charge in [-0.25, -0.2) is 0 Å². The van der Waals surface area contributed by atoms with Crippen LogP contribution in [-0.4, -0.2) is 7.11 Å². The molecule has 0 bridgehead atoms. The summed E-state index contributed by atoms with van der Waals surface area (Å²) in [5.74, 6) is 0.917. The van der Waals surface area contributed by atoms with Crippen LogP contribution in [0.15, 0.2) is 36.9 Å². The molecule has 0 radical (unpaired) electrons. The van der Waals surface area contributed by atoms with Gasteiger partial charge in [0.2, 0.25) is 0 Å². The summed E-state index contributed by atoms with van der Waals surface area (Å²) in [4.78, 5) is 0. The largest absolute Gasteiger partial charge is 0.497 e. The summed E-state index contributed by atoms with van der Waals surface area (Å²) in [5, 5.41) is 0. The Morgan fingerprint density at radius 1 is 1.29 bits per heavy atom. The molecule has 0 amide bonds. The maximum Gasteiger partial charge on any atom is 0.119 e. The molecule has 0 aromatic heterocycles. The lowest BCUT2D eigenvalue weighted by atomic mass is 10.0. The SMILES string of the molecule is C=C(C)c1cc(CC/C=C\CC)cc(OC)c1. The van der Waals surface area contributed by atoms with E-state index in [1.165, 1.54) is 11.1 Å². The number of ether oxygens (including phenoxy) is 1. The van der Waals surface area contributed by atoms with Crippen molar-refractivity contribution in [2.75, 3.05) is 7.11 Å². The highest BCUT2D eigenvalue weighted by Gasteiger charge is 2.01. The van der Waals surface area contributed by atoms with Gasteiger partial charge >= 0.3 is 0 Å². The van der Waals surface area contributed by atoms with Gasteiger partial charge in [0.1, 0.15) is 5.75 Å². The predicted octanol–water partition coefficient (Wildman–Crippen LogP) is 4.63. The minimum atomic E-state index is 0.917. The lowest BCUT2D eigenvalue weighted by Gasteiger charge is -2.08. The Hall–Kier alpha value is -1.50. The van der Waals surface area contributed by atoms with Crippen LogP contribution in [-0.2, 0) is 6.42 Å². The van der Waals surface area contributed by atoms with E-state index in [1.54, 1.807) is 7.11 Å². The summed E-state index contributed by atoms with van der Waals surface area (Å²) in [6.45, 7) is 8.16. The smallest absolute Gasteiger partial charge is 0.119 e. The first-order valence-corrected chi connectivity index (χ1v) is 6.16. The van der Waals surface area contributed by atoms with Crippen molar-refractivity contribution in [1.29, 1.82) is 0 Å². The van der Waals surface area contributed by atoms with Gasteiger partial charge in [-0.1, -0.05) is 37.3 Å². The Kier molecular flexibility index (Phi) is 5.55. The van der Waals surface area contributed by atoms with Crippen molar-refractivity contribution >= 4 is 5.57 Å². The van der Waals surface area contributed by atoms with Crippen molar-refractivity contribution in [3.63, 3.8) is 0 Å². The molecule has 0 unspecified atom stereocenters. The number of hydrogen-bond donors (Lipinski definition) is 0. The van der Waals surface area contributed by atoms with E-state index in [1.807, 2.05) is 13.0 Å². The summed E-state index contributed by atoms with van der Waals surface area (Å²) in [7, 11) is 1.71. The topological polar surface area (TPSA) is 9.23 Å². The Balaban J connectivity index is 2.80. The van der Waals surface area contributed by atoms with Crippen LogP contribution in [0.2, 0.25) is 0 Å². The number of hydrogen-bond acceptors (Lipinski definition) is 1. The van der Waals surface area contributed by atoms with Gasteiger partial charge in [0.25, 0.3) is 0 Å². The van der Waals surface area contributed by atoms with Gasteiger partial charge in [0, 0.05) is 0 Å². The molecule has 0 aliphatic heterocycles. The zero-order chi connectivity index (χ0) is 12.7. The highest BCUT2D eigenvalue weighted by Crippen LogP contribution is 2.22. The monoisotopic (exact) mass is 230 g/mol. The third-order valence-corrected chi connectivity index (χ3v) is 2.70. The standard InChI is InChI=1S/C16H22O/c1-5-6-7-8-9-14-10-15(13(2)3)12-16(11-14)17-4/h6-7,10-12H,2,5,8-9H2,1,3-4H3/b7-6-. The maximum absolute atomic E-state index is 5.31. The molecule has 0 aliphatic rings. The van der Waals surface area contributed by atoms with Crippen molar-refractivity contribution in [3.05, 3.63) is 48.1 Å². The fourth-order valence-electron chi connectivity index (χ4n) is 1.70. The van der Waals surface area contributed by atoms with E-state index in [-0.39, 0.29) is 0 Å². The van der Waals surface area contributed by atoms with Crippen LogP contribution in [0, 0.1) is 0 Å². The number of allylic oxidation sites excluding steroid dienone is 3. The van der Waals surface area contributed by atoms with Crippen LogP contribution < -0.4 is 4.74 Å². The molecule has 0 fully saturated rings. The van der Waals surface area contributed by atoms with Crippen LogP contribution in [0.1, 0.15) is 37.8 Å². The molecule has 17 heavy (non-hydrogen) atoms. The third kappa shape index (κ3) is 4.48. The summed E-state index contributed by atoms with van der Waals surface area (Å²) in [6.07, 6.45) is 7.68. The van der Waals surface area contributed by atoms with E-state index < -0.39 is 0 Å².